The molecule has 2 nitrogen and oxygen atoms in total. The quantitative estimate of drug-likeness (QED) is 0.691. The molecule has 0 aliphatic rings. The molecule has 0 bridgehead atoms. The third kappa shape index (κ3) is 1.41. The molecule has 0 amide bonds. The van der Waals surface area contributed by atoms with Crippen molar-refractivity contribution in [3.63, 3.8) is 0 Å². The van der Waals surface area contributed by atoms with Crippen LogP contribution in [0.1, 0.15) is 30.9 Å². The minimum Gasteiger partial charge on any atom is -0.350 e. The van der Waals surface area contributed by atoms with Crippen molar-refractivity contribution < 1.29 is 0 Å². The van der Waals surface area contributed by atoms with E-state index in [2.05, 4.69) is 36.7 Å². The molecule has 0 aliphatic carbocycles. The molecule has 0 aliphatic heterocycles. The van der Waals surface area contributed by atoms with Crippen LogP contribution in [-0.2, 0) is 7.05 Å². The molecule has 0 saturated heterocycles. The monoisotopic (exact) mass is 198 g/mol. The van der Waals surface area contributed by atoms with Crippen LogP contribution in [0.4, 0.5) is 0 Å². The van der Waals surface area contributed by atoms with E-state index in [1.165, 1.54) is 5.56 Å². The Bertz CT molecular complexity index is 541. The standard InChI is InChI=1S/C13H14N2/c1-9(2)11-8-15(3)12-6-4-5-10(7-14)13(11)12/h4-6,8-9H,1-3H3. The highest BCUT2D eigenvalue weighted by Gasteiger charge is 2.12. The number of aromatic nitrogens is 1. The summed E-state index contributed by atoms with van der Waals surface area (Å²) in [4.78, 5) is 0. The Hall–Kier alpha value is -1.75. The molecular weight excluding hydrogens is 184 g/mol. The lowest BCUT2D eigenvalue weighted by molar-refractivity contribution is 0.857. The molecule has 2 heteroatoms. The molecule has 1 heterocycles. The van der Waals surface area contributed by atoms with Gasteiger partial charge in [-0.15, -0.1) is 0 Å². The van der Waals surface area contributed by atoms with Gasteiger partial charge in [-0.3, -0.25) is 0 Å². The van der Waals surface area contributed by atoms with Crippen molar-refractivity contribution in [3.8, 4) is 6.07 Å². The van der Waals surface area contributed by atoms with Crippen molar-refractivity contribution in [3.05, 3.63) is 35.5 Å². The van der Waals surface area contributed by atoms with Gasteiger partial charge in [0.05, 0.1) is 11.6 Å². The first kappa shape index (κ1) is 9.79. The van der Waals surface area contributed by atoms with Crippen LogP contribution in [0.5, 0.6) is 0 Å². The van der Waals surface area contributed by atoms with Gasteiger partial charge in [-0.25, -0.2) is 0 Å². The van der Waals surface area contributed by atoms with Gasteiger partial charge in [0.15, 0.2) is 0 Å². The number of hydrogen-bond acceptors (Lipinski definition) is 1. The Morgan fingerprint density at radius 3 is 2.67 bits per heavy atom. The SMILES string of the molecule is CC(C)c1cn(C)c2cccc(C#N)c12. The van der Waals surface area contributed by atoms with Crippen LogP contribution in [0.2, 0.25) is 0 Å². The molecule has 76 valence electrons. The summed E-state index contributed by atoms with van der Waals surface area (Å²) in [5.41, 5.74) is 3.17. The maximum atomic E-state index is 9.09. The second kappa shape index (κ2) is 3.43. The van der Waals surface area contributed by atoms with E-state index in [-0.39, 0.29) is 0 Å². The summed E-state index contributed by atoms with van der Waals surface area (Å²) >= 11 is 0. The molecule has 0 unspecified atom stereocenters. The van der Waals surface area contributed by atoms with Gasteiger partial charge in [0.25, 0.3) is 0 Å². The number of rotatable bonds is 1. The van der Waals surface area contributed by atoms with Gasteiger partial charge < -0.3 is 4.57 Å². The highest BCUT2D eigenvalue weighted by atomic mass is 14.9. The molecule has 2 aromatic rings. The Labute approximate surface area is 89.7 Å². The first-order valence-electron chi connectivity index (χ1n) is 5.13. The van der Waals surface area contributed by atoms with E-state index in [1.807, 2.05) is 19.2 Å². The highest BCUT2D eigenvalue weighted by Crippen LogP contribution is 2.29. The van der Waals surface area contributed by atoms with Crippen LogP contribution in [-0.4, -0.2) is 4.57 Å². The summed E-state index contributed by atoms with van der Waals surface area (Å²) in [5, 5.41) is 10.2. The third-order valence-corrected chi connectivity index (χ3v) is 2.79. The lowest BCUT2D eigenvalue weighted by Gasteiger charge is -2.03. The van der Waals surface area contributed by atoms with E-state index in [9.17, 15) is 0 Å². The van der Waals surface area contributed by atoms with Crippen LogP contribution >= 0.6 is 0 Å². The topological polar surface area (TPSA) is 28.7 Å². The zero-order valence-corrected chi connectivity index (χ0v) is 9.28. The van der Waals surface area contributed by atoms with Crippen molar-refractivity contribution in [1.82, 2.24) is 4.57 Å². The second-order valence-electron chi connectivity index (χ2n) is 4.16. The average Bonchev–Trinajstić information content (AvgIpc) is 2.56. The van der Waals surface area contributed by atoms with Crippen molar-refractivity contribution in [2.75, 3.05) is 0 Å². The molecule has 0 N–H and O–H groups in total. The zero-order valence-electron chi connectivity index (χ0n) is 9.28. The van der Waals surface area contributed by atoms with Crippen LogP contribution in [0.3, 0.4) is 0 Å². The average molecular weight is 198 g/mol. The van der Waals surface area contributed by atoms with E-state index in [4.69, 9.17) is 5.26 Å². The van der Waals surface area contributed by atoms with Crippen LogP contribution in [0.25, 0.3) is 10.9 Å². The van der Waals surface area contributed by atoms with Gasteiger partial charge >= 0.3 is 0 Å². The third-order valence-electron chi connectivity index (χ3n) is 2.79. The Balaban J connectivity index is 2.90. The maximum absolute atomic E-state index is 9.09. The lowest BCUT2D eigenvalue weighted by Crippen LogP contribution is -1.86. The van der Waals surface area contributed by atoms with E-state index < -0.39 is 0 Å². The van der Waals surface area contributed by atoms with Crippen molar-refractivity contribution in [2.45, 2.75) is 19.8 Å². The predicted molar refractivity (Wildman–Crippen MR) is 61.7 cm³/mol. The Morgan fingerprint density at radius 1 is 1.33 bits per heavy atom. The van der Waals surface area contributed by atoms with Crippen molar-refractivity contribution in [1.29, 1.82) is 5.26 Å². The fraction of sp³-hybridized carbons (Fsp3) is 0.308. The summed E-state index contributed by atoms with van der Waals surface area (Å²) in [6, 6.07) is 8.14. The molecule has 1 aromatic carbocycles. The summed E-state index contributed by atoms with van der Waals surface area (Å²) in [7, 11) is 2.02. The molecular formula is C13H14N2. The first-order valence-corrected chi connectivity index (χ1v) is 5.13. The molecule has 1 aromatic heterocycles. The van der Waals surface area contributed by atoms with Gasteiger partial charge in [-0.1, -0.05) is 19.9 Å². The normalized spacial score (nSPS) is 10.9. The van der Waals surface area contributed by atoms with Gasteiger partial charge in [-0.05, 0) is 23.6 Å². The second-order valence-corrected chi connectivity index (χ2v) is 4.16. The van der Waals surface area contributed by atoms with Crippen LogP contribution < -0.4 is 0 Å². The molecule has 15 heavy (non-hydrogen) atoms. The number of hydrogen-bond donors (Lipinski definition) is 0. The van der Waals surface area contributed by atoms with Crippen LogP contribution in [0.15, 0.2) is 24.4 Å². The summed E-state index contributed by atoms with van der Waals surface area (Å²) < 4.78 is 2.09. The van der Waals surface area contributed by atoms with Gasteiger partial charge in [0.2, 0.25) is 0 Å². The minimum atomic E-state index is 0.447. The first-order chi connectivity index (χ1) is 7.15. The fourth-order valence-corrected chi connectivity index (χ4v) is 2.01. The Kier molecular flexibility index (Phi) is 2.24. The maximum Gasteiger partial charge on any atom is 0.0998 e. The number of fused-ring (bicyclic) bond motifs is 1. The zero-order chi connectivity index (χ0) is 11.0. The highest BCUT2D eigenvalue weighted by molar-refractivity contribution is 5.89. The van der Waals surface area contributed by atoms with Gasteiger partial charge in [-0.2, -0.15) is 5.26 Å². The van der Waals surface area contributed by atoms with Crippen molar-refractivity contribution >= 4 is 10.9 Å². The van der Waals surface area contributed by atoms with E-state index >= 15 is 0 Å². The fourth-order valence-electron chi connectivity index (χ4n) is 2.01. The molecule has 0 radical (unpaired) electrons. The largest absolute Gasteiger partial charge is 0.350 e. The number of nitrogens with zero attached hydrogens (tertiary/aromatic N) is 2. The summed E-state index contributed by atoms with van der Waals surface area (Å²) in [6.45, 7) is 4.31. The smallest absolute Gasteiger partial charge is 0.0998 e. The van der Waals surface area contributed by atoms with Crippen LogP contribution in [0, 0.1) is 11.3 Å². The van der Waals surface area contributed by atoms with Gasteiger partial charge in [0.1, 0.15) is 0 Å². The molecule has 2 rings (SSSR count). The Morgan fingerprint density at radius 2 is 2.07 bits per heavy atom. The minimum absolute atomic E-state index is 0.447. The predicted octanol–water partition coefficient (Wildman–Crippen LogP) is 3.17. The van der Waals surface area contributed by atoms with E-state index in [0.717, 1.165) is 16.5 Å². The molecule has 0 saturated carbocycles. The molecule has 0 atom stereocenters. The summed E-state index contributed by atoms with van der Waals surface area (Å²) in [5.74, 6) is 0.447. The number of nitriles is 1. The molecule has 0 fully saturated rings. The molecule has 0 spiro atoms. The van der Waals surface area contributed by atoms with E-state index in [0.29, 0.717) is 5.92 Å². The number of aryl methyl sites for hydroxylation is 1. The van der Waals surface area contributed by atoms with Crippen molar-refractivity contribution in [2.24, 2.45) is 7.05 Å². The lowest BCUT2D eigenvalue weighted by atomic mass is 9.99. The van der Waals surface area contributed by atoms with Gasteiger partial charge in [0, 0.05) is 24.1 Å². The summed E-state index contributed by atoms with van der Waals surface area (Å²) in [6.07, 6.45) is 2.12. The van der Waals surface area contributed by atoms with E-state index in [1.54, 1.807) is 0 Å². The number of benzene rings is 1.